The summed E-state index contributed by atoms with van der Waals surface area (Å²) in [5.41, 5.74) is -0.175. The van der Waals surface area contributed by atoms with E-state index < -0.39 is 5.60 Å². The van der Waals surface area contributed by atoms with Gasteiger partial charge in [0, 0.05) is 37.7 Å². The number of hydrogen-bond acceptors (Lipinski definition) is 4. The van der Waals surface area contributed by atoms with Crippen molar-refractivity contribution in [3.05, 3.63) is 0 Å². The first-order chi connectivity index (χ1) is 9.59. The third-order valence-corrected chi connectivity index (χ3v) is 5.23. The summed E-state index contributed by atoms with van der Waals surface area (Å²) >= 11 is 0. The number of hydrogen-bond donors (Lipinski definition) is 2. The smallest absolute Gasteiger partial charge is 0.0774 e. The number of likely N-dealkylation sites (N-methyl/N-ethyl adjacent to an activating group) is 1. The minimum atomic E-state index is -0.431. The molecule has 0 aromatic rings. The van der Waals surface area contributed by atoms with Gasteiger partial charge in [0.1, 0.15) is 0 Å². The Morgan fingerprint density at radius 2 is 1.95 bits per heavy atom. The van der Waals surface area contributed by atoms with E-state index in [0.717, 1.165) is 58.2 Å². The van der Waals surface area contributed by atoms with E-state index in [9.17, 15) is 5.11 Å². The van der Waals surface area contributed by atoms with E-state index in [1.807, 2.05) is 0 Å². The van der Waals surface area contributed by atoms with Crippen LogP contribution in [0.25, 0.3) is 0 Å². The lowest BCUT2D eigenvalue weighted by Crippen LogP contribution is -2.48. The predicted octanol–water partition coefficient (Wildman–Crippen LogP) is 1.38. The zero-order chi connectivity index (χ0) is 14.1. The van der Waals surface area contributed by atoms with Crippen LogP contribution in [0.2, 0.25) is 0 Å². The van der Waals surface area contributed by atoms with Crippen molar-refractivity contribution in [2.24, 2.45) is 5.41 Å². The van der Waals surface area contributed by atoms with Crippen molar-refractivity contribution in [2.45, 2.75) is 56.6 Å². The van der Waals surface area contributed by atoms with Crippen LogP contribution >= 0.6 is 0 Å². The average molecular weight is 282 g/mol. The highest BCUT2D eigenvalue weighted by Crippen LogP contribution is 2.33. The van der Waals surface area contributed by atoms with Gasteiger partial charge in [0.05, 0.1) is 12.2 Å². The van der Waals surface area contributed by atoms with Gasteiger partial charge < -0.3 is 20.1 Å². The molecule has 4 heteroatoms. The minimum absolute atomic E-state index is 0.256. The van der Waals surface area contributed by atoms with Crippen LogP contribution in [0, 0.1) is 5.41 Å². The van der Waals surface area contributed by atoms with Gasteiger partial charge in [0.2, 0.25) is 0 Å². The van der Waals surface area contributed by atoms with Crippen molar-refractivity contribution >= 4 is 0 Å². The number of nitrogens with zero attached hydrogens (tertiary/aromatic N) is 1. The summed E-state index contributed by atoms with van der Waals surface area (Å²) in [6.07, 6.45) is 8.14. The Kier molecular flexibility index (Phi) is 4.37. The SMILES string of the molecule is CN(CC1(O)CCCC1)CC1(CNC2CC2)CCOC1. The first-order valence-corrected chi connectivity index (χ1v) is 8.31. The van der Waals surface area contributed by atoms with Crippen molar-refractivity contribution in [2.75, 3.05) is 39.9 Å². The van der Waals surface area contributed by atoms with Gasteiger partial charge >= 0.3 is 0 Å². The van der Waals surface area contributed by atoms with E-state index in [2.05, 4.69) is 17.3 Å². The van der Waals surface area contributed by atoms with Gasteiger partial charge in [-0.2, -0.15) is 0 Å². The van der Waals surface area contributed by atoms with Crippen molar-refractivity contribution in [1.29, 1.82) is 0 Å². The molecule has 3 fully saturated rings. The summed E-state index contributed by atoms with van der Waals surface area (Å²) in [6, 6.07) is 0.761. The first kappa shape index (κ1) is 14.8. The van der Waals surface area contributed by atoms with Crippen molar-refractivity contribution < 1.29 is 9.84 Å². The van der Waals surface area contributed by atoms with E-state index in [0.29, 0.717) is 0 Å². The van der Waals surface area contributed by atoms with E-state index >= 15 is 0 Å². The molecular weight excluding hydrogens is 252 g/mol. The van der Waals surface area contributed by atoms with Gasteiger partial charge in [-0.05, 0) is 39.2 Å². The Hall–Kier alpha value is -0.160. The third-order valence-electron chi connectivity index (χ3n) is 5.23. The summed E-state index contributed by atoms with van der Waals surface area (Å²) in [6.45, 7) is 4.69. The Labute approximate surface area is 122 Å². The predicted molar refractivity (Wildman–Crippen MR) is 79.8 cm³/mol. The number of aliphatic hydroxyl groups is 1. The maximum Gasteiger partial charge on any atom is 0.0774 e. The maximum absolute atomic E-state index is 10.6. The zero-order valence-electron chi connectivity index (χ0n) is 12.9. The van der Waals surface area contributed by atoms with Crippen LogP contribution in [0.1, 0.15) is 44.9 Å². The standard InChI is InChI=1S/C16H30N2O2/c1-18(12-16(19)6-2-3-7-16)11-15(8-9-20-13-15)10-17-14-4-5-14/h14,17,19H,2-13H2,1H3. The average Bonchev–Trinajstić information content (AvgIpc) is 2.97. The molecule has 0 aromatic heterocycles. The summed E-state index contributed by atoms with van der Waals surface area (Å²) < 4.78 is 5.68. The van der Waals surface area contributed by atoms with Gasteiger partial charge in [-0.25, -0.2) is 0 Å². The molecule has 3 rings (SSSR count). The molecule has 2 N–H and O–H groups in total. The van der Waals surface area contributed by atoms with Crippen LogP contribution in [0.4, 0.5) is 0 Å². The number of ether oxygens (including phenoxy) is 1. The Morgan fingerprint density at radius 3 is 2.55 bits per heavy atom. The monoisotopic (exact) mass is 282 g/mol. The van der Waals surface area contributed by atoms with Crippen molar-refractivity contribution in [3.63, 3.8) is 0 Å². The summed E-state index contributed by atoms with van der Waals surface area (Å²) in [5.74, 6) is 0. The van der Waals surface area contributed by atoms with Gasteiger partial charge in [0.15, 0.2) is 0 Å². The lowest BCUT2D eigenvalue weighted by atomic mass is 9.86. The molecule has 1 heterocycles. The highest BCUT2D eigenvalue weighted by Gasteiger charge is 2.39. The molecule has 2 saturated carbocycles. The molecule has 1 unspecified atom stereocenters. The summed E-state index contributed by atoms with van der Waals surface area (Å²) in [5, 5.41) is 14.2. The Balaban J connectivity index is 1.52. The molecule has 0 amide bonds. The lowest BCUT2D eigenvalue weighted by Gasteiger charge is -2.36. The second-order valence-corrected chi connectivity index (χ2v) is 7.56. The fourth-order valence-electron chi connectivity index (χ4n) is 3.94. The molecule has 4 nitrogen and oxygen atoms in total. The van der Waals surface area contributed by atoms with Crippen LogP contribution in [0.3, 0.4) is 0 Å². The Morgan fingerprint density at radius 1 is 1.20 bits per heavy atom. The topological polar surface area (TPSA) is 44.7 Å². The van der Waals surface area contributed by atoms with Crippen LogP contribution in [-0.4, -0.2) is 61.5 Å². The van der Waals surface area contributed by atoms with Gasteiger partial charge in [-0.3, -0.25) is 0 Å². The molecule has 0 spiro atoms. The second-order valence-electron chi connectivity index (χ2n) is 7.56. The number of rotatable bonds is 7. The van der Waals surface area contributed by atoms with Gasteiger partial charge in [-0.1, -0.05) is 12.8 Å². The maximum atomic E-state index is 10.6. The third kappa shape index (κ3) is 3.73. The molecule has 20 heavy (non-hydrogen) atoms. The molecular formula is C16H30N2O2. The molecule has 0 aromatic carbocycles. The highest BCUT2D eigenvalue weighted by atomic mass is 16.5. The summed E-state index contributed by atoms with van der Waals surface area (Å²) in [7, 11) is 2.16. The highest BCUT2D eigenvalue weighted by molar-refractivity contribution is 4.93. The molecule has 0 bridgehead atoms. The van der Waals surface area contributed by atoms with E-state index in [1.54, 1.807) is 0 Å². The minimum Gasteiger partial charge on any atom is -0.389 e. The molecule has 2 aliphatic carbocycles. The largest absolute Gasteiger partial charge is 0.389 e. The van der Waals surface area contributed by atoms with Crippen molar-refractivity contribution in [1.82, 2.24) is 10.2 Å². The van der Waals surface area contributed by atoms with Crippen molar-refractivity contribution in [3.8, 4) is 0 Å². The summed E-state index contributed by atoms with van der Waals surface area (Å²) in [4.78, 5) is 2.34. The molecule has 3 aliphatic rings. The first-order valence-electron chi connectivity index (χ1n) is 8.31. The molecule has 1 atom stereocenters. The van der Waals surface area contributed by atoms with Crippen LogP contribution < -0.4 is 5.32 Å². The zero-order valence-corrected chi connectivity index (χ0v) is 12.9. The van der Waals surface area contributed by atoms with Crippen LogP contribution in [0.15, 0.2) is 0 Å². The lowest BCUT2D eigenvalue weighted by molar-refractivity contribution is 0.00382. The van der Waals surface area contributed by atoms with E-state index in [-0.39, 0.29) is 5.41 Å². The van der Waals surface area contributed by atoms with Crippen LogP contribution in [-0.2, 0) is 4.74 Å². The van der Waals surface area contributed by atoms with Crippen LogP contribution in [0.5, 0.6) is 0 Å². The second kappa shape index (κ2) is 5.91. The fraction of sp³-hybridized carbons (Fsp3) is 1.00. The molecule has 1 aliphatic heterocycles. The normalized spacial score (nSPS) is 33.1. The fourth-order valence-corrected chi connectivity index (χ4v) is 3.94. The Bertz CT molecular complexity index is 318. The molecule has 1 saturated heterocycles. The van der Waals surface area contributed by atoms with Gasteiger partial charge in [0.25, 0.3) is 0 Å². The quantitative estimate of drug-likeness (QED) is 0.740. The van der Waals surface area contributed by atoms with E-state index in [1.165, 1.54) is 25.7 Å². The van der Waals surface area contributed by atoms with E-state index in [4.69, 9.17) is 4.74 Å². The molecule has 116 valence electrons. The number of nitrogens with one attached hydrogen (secondary N) is 1. The molecule has 0 radical (unpaired) electrons. The van der Waals surface area contributed by atoms with Gasteiger partial charge in [-0.15, -0.1) is 0 Å².